The van der Waals surface area contributed by atoms with Crippen LogP contribution in [0.4, 0.5) is 5.00 Å². The molecule has 0 saturated heterocycles. The van der Waals surface area contributed by atoms with E-state index in [2.05, 4.69) is 6.92 Å². The molecule has 2 nitrogen and oxygen atoms in total. The summed E-state index contributed by atoms with van der Waals surface area (Å²) in [4.78, 5) is 5.93. The summed E-state index contributed by atoms with van der Waals surface area (Å²) in [5, 5.41) is 2.29. The standard InChI is InChI=1S/C12H16N2S2/c1-7-9-12(16-10(7)13)14-11(15-9)8-5-3-2-4-6-8/h8H,2-6,13H2,1H3. The molecule has 0 atom stereocenters. The molecule has 0 radical (unpaired) electrons. The Morgan fingerprint density at radius 1 is 1.19 bits per heavy atom. The summed E-state index contributed by atoms with van der Waals surface area (Å²) in [7, 11) is 0. The van der Waals surface area contributed by atoms with Crippen LogP contribution >= 0.6 is 22.7 Å². The van der Waals surface area contributed by atoms with Crippen molar-refractivity contribution in [1.82, 2.24) is 4.98 Å². The van der Waals surface area contributed by atoms with Crippen LogP contribution in [0.15, 0.2) is 0 Å². The van der Waals surface area contributed by atoms with Gasteiger partial charge in [-0.1, -0.05) is 30.6 Å². The van der Waals surface area contributed by atoms with Crippen LogP contribution in [0.2, 0.25) is 0 Å². The molecule has 0 unspecified atom stereocenters. The SMILES string of the molecule is Cc1c(N)sc2nc(C3CCCCC3)sc12. The Morgan fingerprint density at radius 2 is 1.94 bits per heavy atom. The number of nitrogen functional groups attached to an aromatic ring is 1. The number of thiazole rings is 1. The maximum atomic E-state index is 5.91. The van der Waals surface area contributed by atoms with Gasteiger partial charge in [0.05, 0.1) is 14.7 Å². The van der Waals surface area contributed by atoms with Gasteiger partial charge < -0.3 is 5.73 Å². The zero-order valence-electron chi connectivity index (χ0n) is 9.45. The van der Waals surface area contributed by atoms with Gasteiger partial charge in [0.1, 0.15) is 4.83 Å². The van der Waals surface area contributed by atoms with Crippen molar-refractivity contribution >= 4 is 37.2 Å². The lowest BCUT2D eigenvalue weighted by Gasteiger charge is -2.18. The normalized spacial score (nSPS) is 18.3. The lowest BCUT2D eigenvalue weighted by molar-refractivity contribution is 0.443. The van der Waals surface area contributed by atoms with E-state index in [4.69, 9.17) is 10.7 Å². The predicted octanol–water partition coefficient (Wildman–Crippen LogP) is 4.30. The van der Waals surface area contributed by atoms with Crippen LogP contribution in [0.5, 0.6) is 0 Å². The highest BCUT2D eigenvalue weighted by molar-refractivity contribution is 7.29. The summed E-state index contributed by atoms with van der Waals surface area (Å²) < 4.78 is 1.32. The number of hydrogen-bond acceptors (Lipinski definition) is 4. The fourth-order valence-electron chi connectivity index (χ4n) is 2.44. The van der Waals surface area contributed by atoms with Crippen LogP contribution in [0.3, 0.4) is 0 Å². The summed E-state index contributed by atoms with van der Waals surface area (Å²) in [6.45, 7) is 2.11. The molecule has 0 spiro atoms. The number of hydrogen-bond donors (Lipinski definition) is 1. The zero-order valence-corrected chi connectivity index (χ0v) is 11.1. The molecule has 1 saturated carbocycles. The monoisotopic (exact) mass is 252 g/mol. The molecular weight excluding hydrogens is 236 g/mol. The molecule has 2 aromatic rings. The van der Waals surface area contributed by atoms with Gasteiger partial charge in [-0.3, -0.25) is 0 Å². The summed E-state index contributed by atoms with van der Waals surface area (Å²) in [5.41, 5.74) is 7.15. The van der Waals surface area contributed by atoms with Gasteiger partial charge >= 0.3 is 0 Å². The van der Waals surface area contributed by atoms with E-state index in [1.54, 1.807) is 11.3 Å². The first-order valence-electron chi connectivity index (χ1n) is 5.91. The molecule has 0 bridgehead atoms. The third-order valence-electron chi connectivity index (χ3n) is 3.48. The van der Waals surface area contributed by atoms with Crippen molar-refractivity contribution in [3.8, 4) is 0 Å². The van der Waals surface area contributed by atoms with Crippen molar-refractivity contribution in [3.05, 3.63) is 10.6 Å². The number of aromatic nitrogens is 1. The molecule has 2 N–H and O–H groups in total. The van der Waals surface area contributed by atoms with Gasteiger partial charge in [-0.05, 0) is 19.8 Å². The number of fused-ring (bicyclic) bond motifs is 1. The minimum atomic E-state index is 0.721. The Bertz CT molecular complexity index is 506. The molecule has 86 valence electrons. The van der Waals surface area contributed by atoms with Crippen molar-refractivity contribution in [2.24, 2.45) is 0 Å². The average molecular weight is 252 g/mol. The fraction of sp³-hybridized carbons (Fsp3) is 0.583. The smallest absolute Gasteiger partial charge is 0.136 e. The maximum Gasteiger partial charge on any atom is 0.136 e. The molecule has 3 rings (SSSR count). The fourth-order valence-corrected chi connectivity index (χ4v) is 4.81. The van der Waals surface area contributed by atoms with Crippen LogP contribution in [-0.4, -0.2) is 4.98 Å². The molecular formula is C12H16N2S2. The second-order valence-corrected chi connectivity index (χ2v) is 6.67. The first-order chi connectivity index (χ1) is 7.75. The highest BCUT2D eigenvalue weighted by Gasteiger charge is 2.21. The third kappa shape index (κ3) is 1.64. The number of anilines is 1. The molecule has 0 aliphatic heterocycles. The van der Waals surface area contributed by atoms with Crippen LogP contribution in [0.25, 0.3) is 9.53 Å². The Balaban J connectivity index is 1.98. The molecule has 1 aliphatic carbocycles. The minimum Gasteiger partial charge on any atom is -0.390 e. The zero-order chi connectivity index (χ0) is 11.1. The van der Waals surface area contributed by atoms with Crippen LogP contribution in [-0.2, 0) is 0 Å². The average Bonchev–Trinajstić information content (AvgIpc) is 2.82. The highest BCUT2D eigenvalue weighted by atomic mass is 32.1. The molecule has 0 aromatic carbocycles. The Kier molecular flexibility index (Phi) is 2.64. The van der Waals surface area contributed by atoms with E-state index in [1.165, 1.54) is 47.4 Å². The molecule has 4 heteroatoms. The summed E-state index contributed by atoms with van der Waals surface area (Å²) in [5.74, 6) is 0.721. The number of nitrogens with zero attached hydrogens (tertiary/aromatic N) is 1. The molecule has 2 aromatic heterocycles. The van der Waals surface area contributed by atoms with E-state index in [0.29, 0.717) is 0 Å². The van der Waals surface area contributed by atoms with Gasteiger partial charge in [0.25, 0.3) is 0 Å². The third-order valence-corrected chi connectivity index (χ3v) is 5.97. The van der Waals surface area contributed by atoms with Gasteiger partial charge in [-0.15, -0.1) is 11.3 Å². The van der Waals surface area contributed by atoms with Crippen molar-refractivity contribution in [3.63, 3.8) is 0 Å². The predicted molar refractivity (Wildman–Crippen MR) is 72.5 cm³/mol. The number of thiophene rings is 1. The van der Waals surface area contributed by atoms with E-state index in [0.717, 1.165) is 15.7 Å². The quantitative estimate of drug-likeness (QED) is 0.822. The lowest BCUT2D eigenvalue weighted by atomic mass is 9.90. The van der Waals surface area contributed by atoms with Crippen molar-refractivity contribution in [2.75, 3.05) is 5.73 Å². The van der Waals surface area contributed by atoms with Crippen molar-refractivity contribution in [2.45, 2.75) is 44.9 Å². The molecule has 16 heavy (non-hydrogen) atoms. The topological polar surface area (TPSA) is 38.9 Å². The highest BCUT2D eigenvalue weighted by Crippen LogP contribution is 2.41. The Labute approximate surface area is 104 Å². The van der Waals surface area contributed by atoms with Gasteiger partial charge in [0, 0.05) is 11.5 Å². The number of aryl methyl sites for hydroxylation is 1. The first kappa shape index (κ1) is 10.5. The van der Waals surface area contributed by atoms with Gasteiger partial charge in [-0.2, -0.15) is 0 Å². The van der Waals surface area contributed by atoms with Gasteiger partial charge in [-0.25, -0.2) is 4.98 Å². The largest absolute Gasteiger partial charge is 0.390 e. The van der Waals surface area contributed by atoms with Crippen LogP contribution in [0.1, 0.15) is 48.6 Å². The molecule has 0 amide bonds. The van der Waals surface area contributed by atoms with Crippen LogP contribution in [0, 0.1) is 6.92 Å². The van der Waals surface area contributed by atoms with Crippen LogP contribution < -0.4 is 5.73 Å². The van der Waals surface area contributed by atoms with E-state index >= 15 is 0 Å². The molecule has 2 heterocycles. The molecule has 1 aliphatic rings. The maximum absolute atomic E-state index is 5.91. The first-order valence-corrected chi connectivity index (χ1v) is 7.54. The summed E-state index contributed by atoms with van der Waals surface area (Å²) >= 11 is 3.51. The van der Waals surface area contributed by atoms with E-state index in [9.17, 15) is 0 Å². The summed E-state index contributed by atoms with van der Waals surface area (Å²) in [6.07, 6.45) is 6.81. The Hall–Kier alpha value is -0.610. The molecule has 1 fully saturated rings. The minimum absolute atomic E-state index is 0.721. The van der Waals surface area contributed by atoms with Gasteiger partial charge in [0.15, 0.2) is 0 Å². The second-order valence-electron chi connectivity index (χ2n) is 4.61. The number of nitrogens with two attached hydrogens (primary N) is 1. The van der Waals surface area contributed by atoms with Gasteiger partial charge in [0.2, 0.25) is 0 Å². The van der Waals surface area contributed by atoms with E-state index in [-0.39, 0.29) is 0 Å². The second kappa shape index (κ2) is 4.00. The van der Waals surface area contributed by atoms with Crippen molar-refractivity contribution < 1.29 is 0 Å². The Morgan fingerprint density at radius 3 is 2.62 bits per heavy atom. The summed E-state index contributed by atoms with van der Waals surface area (Å²) in [6, 6.07) is 0. The number of rotatable bonds is 1. The van der Waals surface area contributed by atoms with E-state index < -0.39 is 0 Å². The lowest BCUT2D eigenvalue weighted by Crippen LogP contribution is -2.03. The van der Waals surface area contributed by atoms with Crippen molar-refractivity contribution in [1.29, 1.82) is 0 Å². The van der Waals surface area contributed by atoms with E-state index in [1.807, 2.05) is 11.3 Å².